The Kier molecular flexibility index (Phi) is 4.88. The quantitative estimate of drug-likeness (QED) is 0.732. The first-order valence-corrected chi connectivity index (χ1v) is 7.39. The van der Waals surface area contributed by atoms with Crippen molar-refractivity contribution in [3.63, 3.8) is 0 Å². The van der Waals surface area contributed by atoms with E-state index < -0.39 is 6.04 Å². The van der Waals surface area contributed by atoms with Crippen LogP contribution in [0.4, 0.5) is 0 Å². The van der Waals surface area contributed by atoms with Gasteiger partial charge in [-0.15, -0.1) is 0 Å². The summed E-state index contributed by atoms with van der Waals surface area (Å²) in [6, 6.07) is 7.73. The molecule has 0 saturated heterocycles. The lowest BCUT2D eigenvalue weighted by atomic mass is 9.99. The fourth-order valence-electron chi connectivity index (χ4n) is 2.44. The Labute approximate surface area is 120 Å². The van der Waals surface area contributed by atoms with Gasteiger partial charge in [-0.3, -0.25) is 4.79 Å². The summed E-state index contributed by atoms with van der Waals surface area (Å²) in [5.41, 5.74) is 9.74. The van der Waals surface area contributed by atoms with E-state index in [0.29, 0.717) is 12.5 Å². The van der Waals surface area contributed by atoms with Crippen molar-refractivity contribution >= 4 is 5.91 Å². The Bertz CT molecular complexity index is 482. The highest BCUT2D eigenvalue weighted by atomic mass is 16.2. The Morgan fingerprint density at radius 2 is 2.15 bits per heavy atom. The third-order valence-corrected chi connectivity index (χ3v) is 4.12. The lowest BCUT2D eigenvalue weighted by Crippen LogP contribution is -2.36. The second kappa shape index (κ2) is 6.64. The number of hydrogen-bond donors (Lipinski definition) is 2. The normalized spacial score (nSPS) is 17.3. The minimum Gasteiger partial charge on any atom is -0.350 e. The molecular weight excluding hydrogens is 250 g/mol. The number of benzene rings is 1. The van der Waals surface area contributed by atoms with Gasteiger partial charge in [0.15, 0.2) is 6.04 Å². The molecule has 0 aromatic heterocycles. The summed E-state index contributed by atoms with van der Waals surface area (Å²) in [6.07, 6.45) is 3.35. The van der Waals surface area contributed by atoms with Crippen LogP contribution in [-0.2, 0) is 11.3 Å². The number of carbonyl (C=O) groups excluding carboxylic acids is 1. The van der Waals surface area contributed by atoms with Crippen molar-refractivity contribution in [2.24, 2.45) is 11.0 Å². The van der Waals surface area contributed by atoms with Crippen molar-refractivity contribution in [2.75, 3.05) is 0 Å². The average Bonchev–Trinajstić information content (AvgIpc) is 3.30. The average molecular weight is 273 g/mol. The molecule has 0 heterocycles. The monoisotopic (exact) mass is 273 g/mol. The summed E-state index contributed by atoms with van der Waals surface area (Å²) in [5.74, 6) is 0.639. The maximum absolute atomic E-state index is 12.1. The maximum atomic E-state index is 12.1. The predicted molar refractivity (Wildman–Crippen MR) is 78.7 cm³/mol. The molecule has 2 rings (SSSR count). The minimum absolute atomic E-state index is 0.103. The highest BCUT2D eigenvalue weighted by molar-refractivity contribution is 5.82. The summed E-state index contributed by atoms with van der Waals surface area (Å²) in [5, 5.41) is 6.41. The zero-order valence-electron chi connectivity index (χ0n) is 12.2. The van der Waals surface area contributed by atoms with Gasteiger partial charge in [0, 0.05) is 6.54 Å². The fraction of sp³-hybridized carbons (Fsp3) is 0.562. The lowest BCUT2D eigenvalue weighted by molar-refractivity contribution is -0.123. The van der Waals surface area contributed by atoms with E-state index in [2.05, 4.69) is 28.6 Å². The van der Waals surface area contributed by atoms with Gasteiger partial charge in [0.25, 0.3) is 0 Å². The van der Waals surface area contributed by atoms with Gasteiger partial charge < -0.3 is 5.32 Å². The first-order valence-electron chi connectivity index (χ1n) is 7.39. The predicted octanol–water partition coefficient (Wildman–Crippen LogP) is 3.63. The van der Waals surface area contributed by atoms with Crippen LogP contribution in [0, 0.1) is 11.4 Å². The van der Waals surface area contributed by atoms with Gasteiger partial charge in [-0.05, 0) is 35.8 Å². The second-order valence-electron chi connectivity index (χ2n) is 5.65. The van der Waals surface area contributed by atoms with Crippen LogP contribution in [0.15, 0.2) is 29.4 Å². The van der Waals surface area contributed by atoms with E-state index in [4.69, 9.17) is 5.53 Å². The smallest absolute Gasteiger partial charge is 0.247 e. The molecule has 1 aromatic carbocycles. The number of amides is 1. The molecule has 20 heavy (non-hydrogen) atoms. The maximum Gasteiger partial charge on any atom is 0.247 e. The molecule has 4 nitrogen and oxygen atoms in total. The van der Waals surface area contributed by atoms with Gasteiger partial charge in [0.05, 0.1) is 0 Å². The standard InChI is InChI=1S/C16H23N3O/c1-3-11(2)15(19-17)16(20)18-10-13-6-4-5-7-14(13)12-8-9-12/h4-7,11-12,15,17H,3,8-10H2,1-2H3,(H,18,20)/t11-,15+/m0/s1. The molecular formula is C16H23N3O. The first kappa shape index (κ1) is 14.7. The molecule has 0 unspecified atom stereocenters. The lowest BCUT2D eigenvalue weighted by Gasteiger charge is -2.17. The van der Waals surface area contributed by atoms with E-state index >= 15 is 0 Å². The zero-order valence-corrected chi connectivity index (χ0v) is 12.2. The molecule has 1 aliphatic rings. The van der Waals surface area contributed by atoms with Crippen molar-refractivity contribution < 1.29 is 4.79 Å². The van der Waals surface area contributed by atoms with Gasteiger partial charge in [-0.2, -0.15) is 5.11 Å². The summed E-state index contributed by atoms with van der Waals surface area (Å²) in [4.78, 5) is 12.1. The van der Waals surface area contributed by atoms with Crippen molar-refractivity contribution in [2.45, 2.75) is 51.6 Å². The van der Waals surface area contributed by atoms with Gasteiger partial charge >= 0.3 is 0 Å². The molecule has 1 aromatic rings. The largest absolute Gasteiger partial charge is 0.350 e. The molecule has 0 radical (unpaired) electrons. The molecule has 2 N–H and O–H groups in total. The van der Waals surface area contributed by atoms with Gasteiger partial charge in [-0.1, -0.05) is 44.5 Å². The van der Waals surface area contributed by atoms with Crippen LogP contribution in [0.1, 0.15) is 50.2 Å². The van der Waals surface area contributed by atoms with Crippen molar-refractivity contribution in [1.82, 2.24) is 5.32 Å². The van der Waals surface area contributed by atoms with Crippen LogP contribution in [-0.4, -0.2) is 11.9 Å². The minimum atomic E-state index is -0.562. The van der Waals surface area contributed by atoms with E-state index in [0.717, 1.165) is 6.42 Å². The van der Waals surface area contributed by atoms with Crippen LogP contribution in [0.3, 0.4) is 0 Å². The van der Waals surface area contributed by atoms with Crippen molar-refractivity contribution in [3.8, 4) is 0 Å². The molecule has 0 bridgehead atoms. The zero-order chi connectivity index (χ0) is 14.5. The van der Waals surface area contributed by atoms with Crippen LogP contribution in [0.2, 0.25) is 0 Å². The van der Waals surface area contributed by atoms with E-state index in [1.807, 2.05) is 19.9 Å². The third-order valence-electron chi connectivity index (χ3n) is 4.12. The molecule has 0 aliphatic heterocycles. The van der Waals surface area contributed by atoms with Gasteiger partial charge in [0.1, 0.15) is 0 Å². The van der Waals surface area contributed by atoms with E-state index in [1.165, 1.54) is 24.0 Å². The number of nitrogens with zero attached hydrogens (tertiary/aromatic N) is 1. The number of nitrogens with one attached hydrogen (secondary N) is 2. The van der Waals surface area contributed by atoms with Crippen molar-refractivity contribution in [1.29, 1.82) is 5.53 Å². The van der Waals surface area contributed by atoms with Crippen LogP contribution in [0.25, 0.3) is 0 Å². The third kappa shape index (κ3) is 3.44. The Morgan fingerprint density at radius 3 is 2.75 bits per heavy atom. The molecule has 1 aliphatic carbocycles. The SMILES string of the molecule is CC[C@H](C)[C@@H](N=N)C(=O)NCc1ccccc1C1CC1. The Hall–Kier alpha value is -1.71. The number of rotatable bonds is 7. The number of carbonyl (C=O) groups is 1. The topological polar surface area (TPSA) is 65.3 Å². The molecule has 4 heteroatoms. The molecule has 108 valence electrons. The fourth-order valence-corrected chi connectivity index (χ4v) is 2.44. The summed E-state index contributed by atoms with van der Waals surface area (Å²) in [7, 11) is 0. The molecule has 1 saturated carbocycles. The van der Waals surface area contributed by atoms with E-state index in [1.54, 1.807) is 0 Å². The van der Waals surface area contributed by atoms with Crippen LogP contribution in [0.5, 0.6) is 0 Å². The molecule has 2 atom stereocenters. The summed E-state index contributed by atoms with van der Waals surface area (Å²) in [6.45, 7) is 4.51. The Balaban J connectivity index is 1.97. The summed E-state index contributed by atoms with van der Waals surface area (Å²) >= 11 is 0. The van der Waals surface area contributed by atoms with E-state index in [9.17, 15) is 4.79 Å². The van der Waals surface area contributed by atoms with Crippen molar-refractivity contribution in [3.05, 3.63) is 35.4 Å². The molecule has 0 spiro atoms. The molecule has 1 fully saturated rings. The summed E-state index contributed by atoms with van der Waals surface area (Å²) < 4.78 is 0. The Morgan fingerprint density at radius 1 is 1.45 bits per heavy atom. The highest BCUT2D eigenvalue weighted by Crippen LogP contribution is 2.41. The second-order valence-corrected chi connectivity index (χ2v) is 5.65. The van der Waals surface area contributed by atoms with Crippen LogP contribution < -0.4 is 5.32 Å². The van der Waals surface area contributed by atoms with E-state index in [-0.39, 0.29) is 11.8 Å². The number of hydrogen-bond acceptors (Lipinski definition) is 3. The van der Waals surface area contributed by atoms with Gasteiger partial charge in [-0.25, -0.2) is 5.53 Å². The van der Waals surface area contributed by atoms with Gasteiger partial charge in [0.2, 0.25) is 5.91 Å². The highest BCUT2D eigenvalue weighted by Gasteiger charge is 2.26. The molecule has 1 amide bonds. The first-order chi connectivity index (χ1) is 9.67. The van der Waals surface area contributed by atoms with Crippen LogP contribution >= 0.6 is 0 Å².